The zero-order chi connectivity index (χ0) is 13.4. The summed E-state index contributed by atoms with van der Waals surface area (Å²) in [6, 6.07) is 5.02. The molecule has 19 heavy (non-hydrogen) atoms. The lowest BCUT2D eigenvalue weighted by Gasteiger charge is -2.29. The summed E-state index contributed by atoms with van der Waals surface area (Å²) in [6.45, 7) is 3.95. The molecule has 6 heteroatoms. The van der Waals surface area contributed by atoms with Gasteiger partial charge in [-0.3, -0.25) is 0 Å². The first-order chi connectivity index (χ1) is 9.15. The standard InChI is InChI=1S/C13H16FN5/c1-9(15)10-2-3-12(11(14)6-10)18-4-5-19-8-16-17-13(19)7-18/h2-3,6,8-9H,4-5,7,15H2,1H3/t9-/m0/s1. The van der Waals surface area contributed by atoms with Gasteiger partial charge in [-0.05, 0) is 24.6 Å². The summed E-state index contributed by atoms with van der Waals surface area (Å²) < 4.78 is 16.1. The molecule has 1 aliphatic heterocycles. The van der Waals surface area contributed by atoms with Crippen molar-refractivity contribution in [2.24, 2.45) is 5.73 Å². The minimum Gasteiger partial charge on any atom is -0.360 e. The van der Waals surface area contributed by atoms with Crippen molar-refractivity contribution in [1.82, 2.24) is 14.8 Å². The molecule has 3 rings (SSSR count). The number of fused-ring (bicyclic) bond motifs is 1. The second kappa shape index (κ2) is 4.62. The molecule has 0 spiro atoms. The molecule has 1 aliphatic rings. The van der Waals surface area contributed by atoms with Gasteiger partial charge in [0.2, 0.25) is 0 Å². The van der Waals surface area contributed by atoms with Crippen molar-refractivity contribution in [3.05, 3.63) is 41.7 Å². The Morgan fingerprint density at radius 3 is 2.95 bits per heavy atom. The van der Waals surface area contributed by atoms with E-state index in [1.807, 2.05) is 22.5 Å². The Kier molecular flexibility index (Phi) is 2.94. The molecule has 5 nitrogen and oxygen atoms in total. The highest BCUT2D eigenvalue weighted by Crippen LogP contribution is 2.25. The third-order valence-electron chi connectivity index (χ3n) is 3.48. The van der Waals surface area contributed by atoms with Crippen LogP contribution in [0.5, 0.6) is 0 Å². The van der Waals surface area contributed by atoms with Crippen molar-refractivity contribution in [3.8, 4) is 0 Å². The van der Waals surface area contributed by atoms with E-state index in [-0.39, 0.29) is 11.9 Å². The Morgan fingerprint density at radius 1 is 1.37 bits per heavy atom. The normalized spacial score (nSPS) is 16.3. The second-order valence-electron chi connectivity index (χ2n) is 4.86. The van der Waals surface area contributed by atoms with E-state index in [2.05, 4.69) is 10.2 Å². The highest BCUT2D eigenvalue weighted by atomic mass is 19.1. The molecule has 1 aromatic heterocycles. The average Bonchev–Trinajstić information content (AvgIpc) is 2.85. The van der Waals surface area contributed by atoms with Gasteiger partial charge in [-0.25, -0.2) is 4.39 Å². The van der Waals surface area contributed by atoms with E-state index in [9.17, 15) is 4.39 Å². The Labute approximate surface area is 110 Å². The second-order valence-corrected chi connectivity index (χ2v) is 4.86. The number of aromatic nitrogens is 3. The topological polar surface area (TPSA) is 60.0 Å². The fraction of sp³-hybridized carbons (Fsp3) is 0.385. The SMILES string of the molecule is C[C@H](N)c1ccc(N2CCn3cnnc3C2)c(F)c1. The predicted molar refractivity (Wildman–Crippen MR) is 70.1 cm³/mol. The molecule has 0 unspecified atom stereocenters. The molecule has 2 aromatic rings. The smallest absolute Gasteiger partial charge is 0.152 e. The zero-order valence-corrected chi connectivity index (χ0v) is 10.8. The van der Waals surface area contributed by atoms with Gasteiger partial charge >= 0.3 is 0 Å². The zero-order valence-electron chi connectivity index (χ0n) is 10.8. The van der Waals surface area contributed by atoms with Crippen molar-refractivity contribution in [3.63, 3.8) is 0 Å². The first kappa shape index (κ1) is 12.1. The van der Waals surface area contributed by atoms with Crippen LogP contribution in [0.15, 0.2) is 24.5 Å². The molecule has 1 aromatic carbocycles. The van der Waals surface area contributed by atoms with Gasteiger partial charge in [0.15, 0.2) is 5.82 Å². The van der Waals surface area contributed by atoms with Gasteiger partial charge in [-0.15, -0.1) is 10.2 Å². The van der Waals surface area contributed by atoms with Crippen LogP contribution in [0.4, 0.5) is 10.1 Å². The molecule has 0 amide bonds. The fourth-order valence-corrected chi connectivity index (χ4v) is 2.33. The number of benzene rings is 1. The monoisotopic (exact) mass is 261 g/mol. The summed E-state index contributed by atoms with van der Waals surface area (Å²) in [5, 5.41) is 7.90. The third kappa shape index (κ3) is 2.19. The number of hydrogen-bond acceptors (Lipinski definition) is 4. The average molecular weight is 261 g/mol. The first-order valence-electron chi connectivity index (χ1n) is 6.32. The summed E-state index contributed by atoms with van der Waals surface area (Å²) in [5.74, 6) is 0.629. The van der Waals surface area contributed by atoms with Crippen molar-refractivity contribution >= 4 is 5.69 Å². The van der Waals surface area contributed by atoms with E-state index in [1.165, 1.54) is 6.07 Å². The molecule has 0 bridgehead atoms. The maximum Gasteiger partial charge on any atom is 0.152 e. The van der Waals surface area contributed by atoms with Crippen LogP contribution in [0.25, 0.3) is 0 Å². The van der Waals surface area contributed by atoms with E-state index in [0.717, 1.165) is 24.5 Å². The van der Waals surface area contributed by atoms with Crippen molar-refractivity contribution in [1.29, 1.82) is 0 Å². The molecule has 0 aliphatic carbocycles. The lowest BCUT2D eigenvalue weighted by Crippen LogP contribution is -2.34. The fourth-order valence-electron chi connectivity index (χ4n) is 2.33. The Balaban J connectivity index is 1.88. The molecule has 0 saturated heterocycles. The van der Waals surface area contributed by atoms with Crippen LogP contribution >= 0.6 is 0 Å². The molecule has 1 atom stereocenters. The van der Waals surface area contributed by atoms with E-state index in [4.69, 9.17) is 5.73 Å². The summed E-state index contributed by atoms with van der Waals surface area (Å²) in [4.78, 5) is 1.98. The highest BCUT2D eigenvalue weighted by Gasteiger charge is 2.20. The molecule has 100 valence electrons. The van der Waals surface area contributed by atoms with Crippen LogP contribution in [0.3, 0.4) is 0 Å². The molecular weight excluding hydrogens is 245 g/mol. The summed E-state index contributed by atoms with van der Waals surface area (Å²) >= 11 is 0. The third-order valence-corrected chi connectivity index (χ3v) is 3.48. The Morgan fingerprint density at radius 2 is 2.21 bits per heavy atom. The lowest BCUT2D eigenvalue weighted by molar-refractivity contribution is 0.543. The van der Waals surface area contributed by atoms with Crippen molar-refractivity contribution in [2.75, 3.05) is 11.4 Å². The Hall–Kier alpha value is -1.95. The van der Waals surface area contributed by atoms with Gasteiger partial charge in [-0.1, -0.05) is 6.07 Å². The van der Waals surface area contributed by atoms with Gasteiger partial charge in [0.1, 0.15) is 12.1 Å². The van der Waals surface area contributed by atoms with Crippen LogP contribution in [0.2, 0.25) is 0 Å². The van der Waals surface area contributed by atoms with E-state index in [0.29, 0.717) is 12.2 Å². The van der Waals surface area contributed by atoms with E-state index >= 15 is 0 Å². The van der Waals surface area contributed by atoms with Crippen LogP contribution in [0, 0.1) is 5.82 Å². The van der Waals surface area contributed by atoms with E-state index in [1.54, 1.807) is 12.4 Å². The predicted octanol–water partition coefficient (Wildman–Crippen LogP) is 1.46. The number of halogens is 1. The molecule has 2 N–H and O–H groups in total. The van der Waals surface area contributed by atoms with Crippen molar-refractivity contribution < 1.29 is 4.39 Å². The number of hydrogen-bond donors (Lipinski definition) is 1. The van der Waals surface area contributed by atoms with Crippen molar-refractivity contribution in [2.45, 2.75) is 26.1 Å². The number of rotatable bonds is 2. The van der Waals surface area contributed by atoms with Gasteiger partial charge < -0.3 is 15.2 Å². The number of nitrogens with zero attached hydrogens (tertiary/aromatic N) is 4. The molecule has 0 fully saturated rings. The van der Waals surface area contributed by atoms with E-state index < -0.39 is 0 Å². The summed E-state index contributed by atoms with van der Waals surface area (Å²) in [7, 11) is 0. The molecular formula is C13H16FN5. The van der Waals surface area contributed by atoms with Crippen LogP contribution in [0.1, 0.15) is 24.4 Å². The van der Waals surface area contributed by atoms with Crippen LogP contribution in [-0.4, -0.2) is 21.3 Å². The number of nitrogens with two attached hydrogens (primary N) is 1. The first-order valence-corrected chi connectivity index (χ1v) is 6.32. The quantitative estimate of drug-likeness (QED) is 0.889. The van der Waals surface area contributed by atoms with Gasteiger partial charge in [0, 0.05) is 19.1 Å². The molecule has 2 heterocycles. The number of anilines is 1. The van der Waals surface area contributed by atoms with Crippen LogP contribution in [-0.2, 0) is 13.1 Å². The molecule has 0 saturated carbocycles. The van der Waals surface area contributed by atoms with Gasteiger partial charge in [0.25, 0.3) is 0 Å². The lowest BCUT2D eigenvalue weighted by atomic mass is 10.1. The summed E-state index contributed by atoms with van der Waals surface area (Å²) in [5.41, 5.74) is 7.16. The van der Waals surface area contributed by atoms with Crippen LogP contribution < -0.4 is 10.6 Å². The largest absolute Gasteiger partial charge is 0.360 e. The highest BCUT2D eigenvalue weighted by molar-refractivity contribution is 5.50. The summed E-state index contributed by atoms with van der Waals surface area (Å²) in [6.07, 6.45) is 1.71. The minimum absolute atomic E-state index is 0.159. The maximum absolute atomic E-state index is 14.2. The molecule has 0 radical (unpaired) electrons. The van der Waals surface area contributed by atoms with Gasteiger partial charge in [-0.2, -0.15) is 0 Å². The van der Waals surface area contributed by atoms with Gasteiger partial charge in [0.05, 0.1) is 12.2 Å². The maximum atomic E-state index is 14.2. The Bertz CT molecular complexity index is 592. The minimum atomic E-state index is -0.234.